The fraction of sp³-hybridized carbons (Fsp3) is 0. The third-order valence-corrected chi connectivity index (χ3v) is 9.84. The molecule has 0 bridgehead atoms. The Balaban J connectivity index is 1.17. The van der Waals surface area contributed by atoms with E-state index in [-0.39, 0.29) is 0 Å². The summed E-state index contributed by atoms with van der Waals surface area (Å²) in [6.07, 6.45) is 3.90. The van der Waals surface area contributed by atoms with E-state index in [4.69, 9.17) is 9.97 Å². The maximum absolute atomic E-state index is 5.04. The summed E-state index contributed by atoms with van der Waals surface area (Å²) in [4.78, 5) is 10.1. The number of hydrogen-bond acceptors (Lipinski definition) is 2. The van der Waals surface area contributed by atoms with Crippen LogP contribution in [-0.2, 0) is 0 Å². The summed E-state index contributed by atoms with van der Waals surface area (Å²) in [7, 11) is 0. The summed E-state index contributed by atoms with van der Waals surface area (Å²) >= 11 is 0. The van der Waals surface area contributed by atoms with Crippen LogP contribution >= 0.6 is 0 Å². The number of aromatic nitrogens is 4. The Morgan fingerprint density at radius 1 is 0.340 bits per heavy atom. The van der Waals surface area contributed by atoms with E-state index in [1.165, 1.54) is 43.8 Å². The van der Waals surface area contributed by atoms with Crippen molar-refractivity contribution < 1.29 is 0 Å². The van der Waals surface area contributed by atoms with Crippen LogP contribution in [0.3, 0.4) is 0 Å². The zero-order chi connectivity index (χ0) is 33.0. The summed E-state index contributed by atoms with van der Waals surface area (Å²) in [5, 5.41) is 4.73. The van der Waals surface area contributed by atoms with Crippen LogP contribution in [0.4, 0.5) is 0 Å². The topological polar surface area (TPSA) is 35.6 Å². The molecule has 10 aromatic rings. The van der Waals surface area contributed by atoms with Crippen LogP contribution in [0.25, 0.3) is 88.6 Å². The Morgan fingerprint density at radius 3 is 1.58 bits per heavy atom. The first-order chi connectivity index (χ1) is 24.8. The second kappa shape index (κ2) is 11.4. The highest BCUT2D eigenvalue weighted by Crippen LogP contribution is 2.41. The quantitative estimate of drug-likeness (QED) is 0.188. The third-order valence-electron chi connectivity index (χ3n) is 9.84. The molecule has 0 aliphatic rings. The SMILES string of the molecule is c1ccc(-c2ccc(-n3c4ccccc4c4c3ccc3c5ccccc5n(-c5ncc(-c6cccc(-c7ccccc7)c6)cn5)c34)cc2)cc1. The Bertz CT molecular complexity index is 2830. The molecular formula is C46H30N4. The second-order valence-electron chi connectivity index (χ2n) is 12.7. The van der Waals surface area contributed by atoms with Gasteiger partial charge in [0, 0.05) is 45.2 Å². The van der Waals surface area contributed by atoms with Gasteiger partial charge in [-0.1, -0.05) is 133 Å². The molecular weight excluding hydrogens is 609 g/mol. The Hall–Kier alpha value is -6.78. The molecule has 0 atom stereocenters. The Labute approximate surface area is 289 Å². The van der Waals surface area contributed by atoms with Gasteiger partial charge in [-0.2, -0.15) is 0 Å². The third kappa shape index (κ3) is 4.46. The van der Waals surface area contributed by atoms with Gasteiger partial charge in [-0.3, -0.25) is 4.57 Å². The maximum Gasteiger partial charge on any atom is 0.234 e. The van der Waals surface area contributed by atoms with Gasteiger partial charge in [0.2, 0.25) is 5.95 Å². The van der Waals surface area contributed by atoms with E-state index in [1.54, 1.807) is 0 Å². The molecule has 0 N–H and O–H groups in total. The van der Waals surface area contributed by atoms with Gasteiger partial charge in [0.15, 0.2) is 0 Å². The monoisotopic (exact) mass is 638 g/mol. The van der Waals surface area contributed by atoms with Crippen molar-refractivity contribution in [3.63, 3.8) is 0 Å². The average molecular weight is 639 g/mol. The Morgan fingerprint density at radius 2 is 0.880 bits per heavy atom. The van der Waals surface area contributed by atoms with E-state index in [0.29, 0.717) is 5.95 Å². The van der Waals surface area contributed by atoms with Crippen molar-refractivity contribution in [2.45, 2.75) is 0 Å². The standard InChI is InChI=1S/C46H30N4/c1-3-12-31(13-4-1)33-22-24-37(25-23-33)49-42-21-10-8-19-40(42)44-43(49)27-26-39-38-18-7-9-20-41(38)50(45(39)44)46-47-29-36(30-48-46)35-17-11-16-34(28-35)32-14-5-2-6-15-32/h1-30H. The molecule has 7 aromatic carbocycles. The van der Waals surface area contributed by atoms with Gasteiger partial charge in [0.05, 0.1) is 22.1 Å². The molecule has 0 saturated carbocycles. The van der Waals surface area contributed by atoms with E-state index in [9.17, 15) is 0 Å². The van der Waals surface area contributed by atoms with Gasteiger partial charge in [-0.15, -0.1) is 0 Å². The molecule has 50 heavy (non-hydrogen) atoms. The molecule has 0 fully saturated rings. The van der Waals surface area contributed by atoms with E-state index in [0.717, 1.165) is 38.9 Å². The van der Waals surface area contributed by atoms with E-state index in [1.807, 2.05) is 18.5 Å². The first-order valence-electron chi connectivity index (χ1n) is 16.9. The normalized spacial score (nSPS) is 11.6. The minimum Gasteiger partial charge on any atom is -0.309 e. The Kier molecular flexibility index (Phi) is 6.46. The van der Waals surface area contributed by atoms with Gasteiger partial charge in [-0.05, 0) is 64.2 Å². The van der Waals surface area contributed by atoms with Crippen molar-refractivity contribution in [3.8, 4) is 45.0 Å². The summed E-state index contributed by atoms with van der Waals surface area (Å²) in [5.74, 6) is 0.649. The molecule has 3 aromatic heterocycles. The first kappa shape index (κ1) is 28.3. The molecule has 0 spiro atoms. The van der Waals surface area contributed by atoms with Crippen LogP contribution in [0, 0.1) is 0 Å². The average Bonchev–Trinajstić information content (AvgIpc) is 3.72. The maximum atomic E-state index is 5.04. The lowest BCUT2D eigenvalue weighted by Crippen LogP contribution is -2.01. The number of rotatable bonds is 5. The highest BCUT2D eigenvalue weighted by Gasteiger charge is 2.21. The number of para-hydroxylation sites is 2. The molecule has 10 rings (SSSR count). The molecule has 0 aliphatic carbocycles. The van der Waals surface area contributed by atoms with Crippen LogP contribution in [0.1, 0.15) is 0 Å². The van der Waals surface area contributed by atoms with E-state index in [2.05, 4.69) is 173 Å². The number of nitrogens with zero attached hydrogens (tertiary/aromatic N) is 4. The van der Waals surface area contributed by atoms with Crippen LogP contribution in [0.2, 0.25) is 0 Å². The molecule has 0 saturated heterocycles. The number of benzene rings is 7. The molecule has 0 aliphatic heterocycles. The zero-order valence-electron chi connectivity index (χ0n) is 27.1. The first-order valence-corrected chi connectivity index (χ1v) is 16.9. The summed E-state index contributed by atoms with van der Waals surface area (Å²) in [5.41, 5.74) is 12.4. The predicted molar refractivity (Wildman–Crippen MR) is 207 cm³/mol. The fourth-order valence-electron chi connectivity index (χ4n) is 7.52. The van der Waals surface area contributed by atoms with Gasteiger partial charge < -0.3 is 4.57 Å². The lowest BCUT2D eigenvalue weighted by molar-refractivity contribution is 0.992. The van der Waals surface area contributed by atoms with Crippen molar-refractivity contribution in [1.29, 1.82) is 0 Å². The van der Waals surface area contributed by atoms with Crippen molar-refractivity contribution in [2.75, 3.05) is 0 Å². The van der Waals surface area contributed by atoms with Gasteiger partial charge >= 0.3 is 0 Å². The summed E-state index contributed by atoms with van der Waals surface area (Å²) in [6.45, 7) is 0. The minimum atomic E-state index is 0.649. The fourth-order valence-corrected chi connectivity index (χ4v) is 7.52. The molecule has 234 valence electrons. The second-order valence-corrected chi connectivity index (χ2v) is 12.7. The highest BCUT2D eigenvalue weighted by atomic mass is 15.2. The molecule has 0 unspecified atom stereocenters. The predicted octanol–water partition coefficient (Wildman–Crippen LogP) is 11.7. The van der Waals surface area contributed by atoms with Crippen molar-refractivity contribution in [1.82, 2.24) is 19.1 Å². The molecule has 4 heteroatoms. The van der Waals surface area contributed by atoms with Crippen molar-refractivity contribution in [3.05, 3.63) is 182 Å². The van der Waals surface area contributed by atoms with Crippen molar-refractivity contribution in [2.24, 2.45) is 0 Å². The van der Waals surface area contributed by atoms with Gasteiger partial charge in [-0.25, -0.2) is 9.97 Å². The minimum absolute atomic E-state index is 0.649. The molecule has 3 heterocycles. The molecule has 0 radical (unpaired) electrons. The van der Waals surface area contributed by atoms with Crippen LogP contribution < -0.4 is 0 Å². The lowest BCUT2D eigenvalue weighted by Gasteiger charge is -2.10. The largest absolute Gasteiger partial charge is 0.309 e. The van der Waals surface area contributed by atoms with Gasteiger partial charge in [0.1, 0.15) is 0 Å². The van der Waals surface area contributed by atoms with Crippen LogP contribution in [-0.4, -0.2) is 19.1 Å². The van der Waals surface area contributed by atoms with E-state index >= 15 is 0 Å². The number of fused-ring (bicyclic) bond motifs is 7. The zero-order valence-corrected chi connectivity index (χ0v) is 27.1. The van der Waals surface area contributed by atoms with Crippen LogP contribution in [0.5, 0.6) is 0 Å². The summed E-state index contributed by atoms with van der Waals surface area (Å²) < 4.78 is 4.62. The number of hydrogen-bond donors (Lipinski definition) is 0. The van der Waals surface area contributed by atoms with Crippen molar-refractivity contribution >= 4 is 43.6 Å². The molecule has 4 nitrogen and oxygen atoms in total. The van der Waals surface area contributed by atoms with Gasteiger partial charge in [0.25, 0.3) is 0 Å². The van der Waals surface area contributed by atoms with E-state index < -0.39 is 0 Å². The van der Waals surface area contributed by atoms with Crippen LogP contribution in [0.15, 0.2) is 182 Å². The smallest absolute Gasteiger partial charge is 0.234 e. The highest BCUT2D eigenvalue weighted by molar-refractivity contribution is 6.26. The summed E-state index contributed by atoms with van der Waals surface area (Å²) in [6, 6.07) is 60.2. The lowest BCUT2D eigenvalue weighted by atomic mass is 10.0. The molecule has 0 amide bonds.